The summed E-state index contributed by atoms with van der Waals surface area (Å²) in [5.41, 5.74) is 5.87. The fraction of sp³-hybridized carbons (Fsp3) is 0.269. The van der Waals surface area contributed by atoms with Gasteiger partial charge in [-0.1, -0.05) is 73.7 Å². The Labute approximate surface area is 173 Å². The predicted molar refractivity (Wildman–Crippen MR) is 118 cm³/mol. The number of carbonyl (C=O) groups excluding carboxylic acids is 1. The van der Waals surface area contributed by atoms with Crippen LogP contribution in [-0.2, 0) is 13.0 Å². The fourth-order valence-electron chi connectivity index (χ4n) is 4.00. The second-order valence-electron chi connectivity index (χ2n) is 7.83. The molecule has 0 unspecified atom stereocenters. The fourth-order valence-corrected chi connectivity index (χ4v) is 4.00. The van der Waals surface area contributed by atoms with Crippen LogP contribution in [0.25, 0.3) is 11.1 Å². The molecule has 0 aliphatic carbocycles. The summed E-state index contributed by atoms with van der Waals surface area (Å²) >= 11 is 0. The molecule has 0 saturated carbocycles. The maximum Gasteiger partial charge on any atom is 0.254 e. The van der Waals surface area contributed by atoms with Crippen LogP contribution in [0, 0.1) is 0 Å². The van der Waals surface area contributed by atoms with Gasteiger partial charge < -0.3 is 9.80 Å². The molecule has 3 nitrogen and oxygen atoms in total. The van der Waals surface area contributed by atoms with E-state index >= 15 is 0 Å². The van der Waals surface area contributed by atoms with Crippen LogP contribution >= 0.6 is 0 Å². The molecule has 4 rings (SSSR count). The van der Waals surface area contributed by atoms with Gasteiger partial charge in [-0.25, -0.2) is 0 Å². The van der Waals surface area contributed by atoms with Crippen molar-refractivity contribution in [3.63, 3.8) is 0 Å². The van der Waals surface area contributed by atoms with Gasteiger partial charge >= 0.3 is 0 Å². The van der Waals surface area contributed by atoms with Gasteiger partial charge in [-0.15, -0.1) is 0 Å². The molecule has 1 N–H and O–H groups in total. The van der Waals surface area contributed by atoms with Gasteiger partial charge in [0.25, 0.3) is 5.91 Å². The van der Waals surface area contributed by atoms with Crippen molar-refractivity contribution in [2.24, 2.45) is 0 Å². The van der Waals surface area contributed by atoms with Gasteiger partial charge in [0.15, 0.2) is 0 Å². The highest BCUT2D eigenvalue weighted by atomic mass is 16.2. The zero-order chi connectivity index (χ0) is 20.1. The molecule has 29 heavy (non-hydrogen) atoms. The minimum Gasteiger partial charge on any atom is -0.328 e. The van der Waals surface area contributed by atoms with Crippen molar-refractivity contribution in [3.8, 4) is 11.1 Å². The van der Waals surface area contributed by atoms with Gasteiger partial charge in [-0.05, 0) is 35.2 Å². The lowest BCUT2D eigenvalue weighted by Crippen LogP contribution is -3.13. The molecule has 3 heteroatoms. The lowest BCUT2D eigenvalue weighted by molar-refractivity contribution is -0.917. The molecule has 3 aromatic rings. The van der Waals surface area contributed by atoms with E-state index in [-0.39, 0.29) is 5.91 Å². The second kappa shape index (κ2) is 9.06. The largest absolute Gasteiger partial charge is 0.328 e. The van der Waals surface area contributed by atoms with Gasteiger partial charge in [-0.3, -0.25) is 4.79 Å². The molecular weight excluding hydrogens is 356 g/mol. The molecule has 0 atom stereocenters. The second-order valence-corrected chi connectivity index (χ2v) is 7.83. The Hall–Kier alpha value is -2.91. The van der Waals surface area contributed by atoms with E-state index in [0.717, 1.165) is 50.3 Å². The third-order valence-corrected chi connectivity index (χ3v) is 5.88. The number of piperazine rings is 1. The number of quaternary nitrogens is 1. The number of hydrogen-bond acceptors (Lipinski definition) is 1. The Morgan fingerprint density at radius 2 is 1.38 bits per heavy atom. The van der Waals surface area contributed by atoms with Crippen molar-refractivity contribution in [1.82, 2.24) is 4.90 Å². The molecule has 0 spiro atoms. The summed E-state index contributed by atoms with van der Waals surface area (Å²) in [6, 6.07) is 27.2. The summed E-state index contributed by atoms with van der Waals surface area (Å²) in [7, 11) is 0. The van der Waals surface area contributed by atoms with Crippen LogP contribution in [0.3, 0.4) is 0 Å². The van der Waals surface area contributed by atoms with Crippen molar-refractivity contribution in [3.05, 3.63) is 95.6 Å². The molecule has 1 aliphatic rings. The van der Waals surface area contributed by atoms with Crippen LogP contribution in [0.4, 0.5) is 0 Å². The molecule has 148 valence electrons. The number of amides is 1. The molecule has 0 aromatic heterocycles. The summed E-state index contributed by atoms with van der Waals surface area (Å²) in [5.74, 6) is 0.149. The monoisotopic (exact) mass is 385 g/mol. The highest BCUT2D eigenvalue weighted by Gasteiger charge is 2.24. The smallest absolute Gasteiger partial charge is 0.254 e. The Morgan fingerprint density at radius 3 is 2.00 bits per heavy atom. The van der Waals surface area contributed by atoms with Gasteiger partial charge in [-0.2, -0.15) is 0 Å². The van der Waals surface area contributed by atoms with E-state index in [4.69, 9.17) is 0 Å². The van der Waals surface area contributed by atoms with Gasteiger partial charge in [0.1, 0.15) is 6.54 Å². The lowest BCUT2D eigenvalue weighted by atomic mass is 10.0. The van der Waals surface area contributed by atoms with E-state index in [0.29, 0.717) is 0 Å². The Kier molecular flexibility index (Phi) is 6.06. The highest BCUT2D eigenvalue weighted by Crippen LogP contribution is 2.19. The van der Waals surface area contributed by atoms with Crippen molar-refractivity contribution >= 4 is 5.91 Å². The van der Waals surface area contributed by atoms with Gasteiger partial charge in [0, 0.05) is 11.1 Å². The number of benzene rings is 3. The lowest BCUT2D eigenvalue weighted by Gasteiger charge is -2.32. The van der Waals surface area contributed by atoms with Gasteiger partial charge in [0.2, 0.25) is 0 Å². The summed E-state index contributed by atoms with van der Waals surface area (Å²) in [6.07, 6.45) is 1.08. The predicted octanol–water partition coefficient (Wildman–Crippen LogP) is 3.46. The molecule has 1 aliphatic heterocycles. The van der Waals surface area contributed by atoms with E-state index in [9.17, 15) is 4.79 Å². The number of carbonyl (C=O) groups is 1. The topological polar surface area (TPSA) is 24.8 Å². The summed E-state index contributed by atoms with van der Waals surface area (Å²) < 4.78 is 0. The number of aryl methyl sites for hydroxylation is 1. The van der Waals surface area contributed by atoms with Crippen molar-refractivity contribution in [2.45, 2.75) is 19.9 Å². The van der Waals surface area contributed by atoms with Crippen LogP contribution in [0.1, 0.15) is 28.4 Å². The number of hydrogen-bond donors (Lipinski definition) is 1. The first-order chi connectivity index (χ1) is 14.2. The van der Waals surface area contributed by atoms with E-state index < -0.39 is 0 Å². The summed E-state index contributed by atoms with van der Waals surface area (Å²) in [5, 5.41) is 0. The van der Waals surface area contributed by atoms with Crippen molar-refractivity contribution in [1.29, 1.82) is 0 Å². The Balaban J connectivity index is 1.32. The summed E-state index contributed by atoms with van der Waals surface area (Å²) in [4.78, 5) is 16.5. The molecule has 1 fully saturated rings. The average molecular weight is 386 g/mol. The Bertz CT molecular complexity index is 925. The highest BCUT2D eigenvalue weighted by molar-refractivity contribution is 5.94. The average Bonchev–Trinajstić information content (AvgIpc) is 2.80. The third-order valence-electron chi connectivity index (χ3n) is 5.88. The third kappa shape index (κ3) is 4.75. The number of nitrogens with zero attached hydrogens (tertiary/aromatic N) is 1. The molecule has 1 saturated heterocycles. The van der Waals surface area contributed by atoms with Crippen molar-refractivity contribution in [2.75, 3.05) is 26.2 Å². The SMILES string of the molecule is CCc1ccc(C[NH+]2CCN(C(=O)c3ccc(-c4ccccc4)cc3)CC2)cc1. The maximum absolute atomic E-state index is 12.9. The molecular formula is C26H29N2O+. The standard InChI is InChI=1S/C26H28N2O/c1-2-21-8-10-22(11-9-21)20-27-16-18-28(19-17-27)26(29)25-14-12-24(13-15-25)23-6-4-3-5-7-23/h3-15H,2,16-20H2,1H3/p+1. The molecule has 3 aromatic carbocycles. The number of rotatable bonds is 5. The van der Waals surface area contributed by atoms with Crippen LogP contribution in [0.5, 0.6) is 0 Å². The number of nitrogens with one attached hydrogen (secondary N) is 1. The van der Waals surface area contributed by atoms with Crippen LogP contribution in [0.15, 0.2) is 78.9 Å². The quantitative estimate of drug-likeness (QED) is 0.715. The summed E-state index contributed by atoms with van der Waals surface area (Å²) in [6.45, 7) is 6.87. The van der Waals surface area contributed by atoms with Crippen LogP contribution < -0.4 is 4.90 Å². The van der Waals surface area contributed by atoms with E-state index in [1.807, 2.05) is 47.4 Å². The normalized spacial score (nSPS) is 14.7. The van der Waals surface area contributed by atoms with E-state index in [2.05, 4.69) is 43.3 Å². The zero-order valence-corrected chi connectivity index (χ0v) is 17.1. The maximum atomic E-state index is 12.9. The van der Waals surface area contributed by atoms with E-state index in [1.54, 1.807) is 4.90 Å². The molecule has 0 bridgehead atoms. The Morgan fingerprint density at radius 1 is 0.793 bits per heavy atom. The first-order valence-electron chi connectivity index (χ1n) is 10.6. The van der Waals surface area contributed by atoms with Gasteiger partial charge in [0.05, 0.1) is 26.2 Å². The minimum atomic E-state index is 0.149. The molecule has 1 heterocycles. The first-order valence-corrected chi connectivity index (χ1v) is 10.6. The first kappa shape index (κ1) is 19.4. The van der Waals surface area contributed by atoms with E-state index in [1.165, 1.54) is 16.7 Å². The zero-order valence-electron chi connectivity index (χ0n) is 17.1. The van der Waals surface area contributed by atoms with Crippen LogP contribution in [-0.4, -0.2) is 37.0 Å². The van der Waals surface area contributed by atoms with Crippen LogP contribution in [0.2, 0.25) is 0 Å². The molecule has 0 radical (unpaired) electrons. The molecule has 1 amide bonds. The minimum absolute atomic E-state index is 0.149. The van der Waals surface area contributed by atoms with Crippen molar-refractivity contribution < 1.29 is 9.69 Å².